The van der Waals surface area contributed by atoms with Gasteiger partial charge >= 0.3 is 0 Å². The van der Waals surface area contributed by atoms with E-state index in [-0.39, 0.29) is 12.1 Å². The molecule has 0 radical (unpaired) electrons. The molecule has 124 valence electrons. The van der Waals surface area contributed by atoms with Gasteiger partial charge in [-0.2, -0.15) is 5.10 Å². The minimum Gasteiger partial charge on any atom is -0.390 e. The fraction of sp³-hybridized carbons (Fsp3) is 0.263. The molecule has 5 heteroatoms. The van der Waals surface area contributed by atoms with E-state index in [0.717, 1.165) is 11.9 Å². The van der Waals surface area contributed by atoms with Crippen LogP contribution in [0.1, 0.15) is 5.56 Å². The van der Waals surface area contributed by atoms with E-state index in [0.29, 0.717) is 11.9 Å². The summed E-state index contributed by atoms with van der Waals surface area (Å²) in [7, 11) is 1.95. The summed E-state index contributed by atoms with van der Waals surface area (Å²) in [6.07, 6.45) is 1.00. The number of aliphatic hydroxyl groups is 1. The van der Waals surface area contributed by atoms with Crippen LogP contribution in [0.15, 0.2) is 65.6 Å². The number of hydrogen-bond acceptors (Lipinski definition) is 4. The first-order valence-electron chi connectivity index (χ1n) is 7.99. The van der Waals surface area contributed by atoms with Crippen molar-refractivity contribution in [2.45, 2.75) is 19.2 Å². The summed E-state index contributed by atoms with van der Waals surface area (Å²) < 4.78 is 1.34. The lowest BCUT2D eigenvalue weighted by atomic mass is 10.2. The molecule has 0 fully saturated rings. The molecule has 1 aromatic heterocycles. The Morgan fingerprint density at radius 1 is 1.12 bits per heavy atom. The van der Waals surface area contributed by atoms with Crippen LogP contribution < -0.4 is 5.56 Å². The Morgan fingerprint density at radius 3 is 2.62 bits per heavy atom. The Bertz CT molecular complexity index is 861. The predicted molar refractivity (Wildman–Crippen MR) is 94.8 cm³/mol. The summed E-state index contributed by atoms with van der Waals surface area (Å²) in [4.78, 5) is 14.5. The summed E-state index contributed by atoms with van der Waals surface area (Å²) in [5, 5.41) is 15.9. The summed E-state index contributed by atoms with van der Waals surface area (Å²) >= 11 is 0. The van der Waals surface area contributed by atoms with Crippen LogP contribution in [0, 0.1) is 0 Å². The molecule has 0 saturated carbocycles. The molecule has 5 nitrogen and oxygen atoms in total. The van der Waals surface area contributed by atoms with Gasteiger partial charge in [-0.05, 0) is 18.7 Å². The van der Waals surface area contributed by atoms with Gasteiger partial charge in [-0.15, -0.1) is 0 Å². The second-order valence-electron chi connectivity index (χ2n) is 6.06. The van der Waals surface area contributed by atoms with Gasteiger partial charge in [0, 0.05) is 18.5 Å². The maximum absolute atomic E-state index is 12.4. The molecule has 3 rings (SSSR count). The van der Waals surface area contributed by atoms with Gasteiger partial charge in [-0.1, -0.05) is 48.5 Å². The lowest BCUT2D eigenvalue weighted by Crippen LogP contribution is -2.35. The number of likely N-dealkylation sites (N-methyl/N-ethyl adjacent to an activating group) is 1. The Balaban J connectivity index is 1.65. The second kappa shape index (κ2) is 7.38. The topological polar surface area (TPSA) is 58.4 Å². The quantitative estimate of drug-likeness (QED) is 0.753. The lowest BCUT2D eigenvalue weighted by Gasteiger charge is -2.21. The van der Waals surface area contributed by atoms with Crippen molar-refractivity contribution in [2.75, 3.05) is 13.6 Å². The fourth-order valence-corrected chi connectivity index (χ4v) is 2.83. The van der Waals surface area contributed by atoms with Gasteiger partial charge in [0.05, 0.1) is 24.2 Å². The fourth-order valence-electron chi connectivity index (χ4n) is 2.83. The number of fused-ring (bicyclic) bond motifs is 1. The van der Waals surface area contributed by atoms with Crippen LogP contribution in [0.4, 0.5) is 0 Å². The molecular weight excluding hydrogens is 302 g/mol. The molecule has 0 aliphatic rings. The predicted octanol–water partition coefficient (Wildman–Crippen LogP) is 1.89. The highest BCUT2D eigenvalue weighted by Crippen LogP contribution is 2.07. The van der Waals surface area contributed by atoms with Gasteiger partial charge in [0.25, 0.3) is 5.56 Å². The van der Waals surface area contributed by atoms with Crippen molar-refractivity contribution >= 4 is 10.8 Å². The molecule has 1 atom stereocenters. The SMILES string of the molecule is CN(Cc1ccccc1)C[C@@H](O)Cn1ncc2ccccc2c1=O. The molecule has 0 spiro atoms. The average Bonchev–Trinajstić information content (AvgIpc) is 2.58. The van der Waals surface area contributed by atoms with Crippen molar-refractivity contribution in [1.29, 1.82) is 0 Å². The maximum Gasteiger partial charge on any atom is 0.274 e. The minimum absolute atomic E-state index is 0.169. The van der Waals surface area contributed by atoms with Gasteiger partial charge < -0.3 is 5.11 Å². The van der Waals surface area contributed by atoms with Crippen molar-refractivity contribution in [1.82, 2.24) is 14.7 Å². The normalized spacial score (nSPS) is 12.6. The molecule has 0 bridgehead atoms. The first-order valence-corrected chi connectivity index (χ1v) is 7.99. The number of rotatable bonds is 6. The highest BCUT2D eigenvalue weighted by atomic mass is 16.3. The van der Waals surface area contributed by atoms with E-state index < -0.39 is 6.10 Å². The van der Waals surface area contributed by atoms with Crippen LogP contribution in [0.3, 0.4) is 0 Å². The van der Waals surface area contributed by atoms with Crippen LogP contribution in [0.5, 0.6) is 0 Å². The smallest absolute Gasteiger partial charge is 0.274 e. The van der Waals surface area contributed by atoms with Gasteiger partial charge in [-0.3, -0.25) is 9.69 Å². The molecule has 1 N–H and O–H groups in total. The van der Waals surface area contributed by atoms with Gasteiger partial charge in [0.1, 0.15) is 0 Å². The van der Waals surface area contributed by atoms with Crippen LogP contribution in [0.2, 0.25) is 0 Å². The van der Waals surface area contributed by atoms with Gasteiger partial charge in [0.2, 0.25) is 0 Å². The standard InChI is InChI=1S/C19H21N3O2/c1-21(12-15-7-3-2-4-8-15)13-17(23)14-22-19(24)18-10-6-5-9-16(18)11-20-22/h2-11,17,23H,12-14H2,1H3/t17-/m1/s1. The molecule has 0 saturated heterocycles. The van der Waals surface area contributed by atoms with E-state index in [1.807, 2.05) is 48.3 Å². The zero-order chi connectivity index (χ0) is 16.9. The van der Waals surface area contributed by atoms with E-state index in [2.05, 4.69) is 17.2 Å². The third-order valence-corrected chi connectivity index (χ3v) is 3.96. The number of benzene rings is 2. The minimum atomic E-state index is -0.662. The summed E-state index contributed by atoms with van der Waals surface area (Å²) in [6, 6.07) is 17.4. The first kappa shape index (κ1) is 16.4. The average molecular weight is 323 g/mol. The molecule has 24 heavy (non-hydrogen) atoms. The monoisotopic (exact) mass is 323 g/mol. The van der Waals surface area contributed by atoms with Crippen LogP contribution in [-0.2, 0) is 13.1 Å². The van der Waals surface area contributed by atoms with Crippen LogP contribution in [-0.4, -0.2) is 39.5 Å². The molecule has 1 heterocycles. The number of aromatic nitrogens is 2. The Kier molecular flexibility index (Phi) is 5.03. The van der Waals surface area contributed by atoms with Crippen molar-refractivity contribution < 1.29 is 5.11 Å². The van der Waals surface area contributed by atoms with E-state index in [9.17, 15) is 9.90 Å². The Hall–Kier alpha value is -2.50. The molecule has 0 aliphatic carbocycles. The highest BCUT2D eigenvalue weighted by molar-refractivity contribution is 5.80. The molecule has 0 unspecified atom stereocenters. The van der Waals surface area contributed by atoms with E-state index in [4.69, 9.17) is 0 Å². The third kappa shape index (κ3) is 3.88. The molecule has 0 aliphatic heterocycles. The third-order valence-electron chi connectivity index (χ3n) is 3.96. The molecule has 0 amide bonds. The van der Waals surface area contributed by atoms with Crippen molar-refractivity contribution in [3.8, 4) is 0 Å². The van der Waals surface area contributed by atoms with Crippen molar-refractivity contribution in [2.24, 2.45) is 0 Å². The van der Waals surface area contributed by atoms with E-state index >= 15 is 0 Å². The first-order chi connectivity index (χ1) is 11.6. The lowest BCUT2D eigenvalue weighted by molar-refractivity contribution is 0.102. The zero-order valence-corrected chi connectivity index (χ0v) is 13.7. The second-order valence-corrected chi connectivity index (χ2v) is 6.06. The van der Waals surface area contributed by atoms with E-state index in [1.165, 1.54) is 10.2 Å². The highest BCUT2D eigenvalue weighted by Gasteiger charge is 2.12. The summed E-state index contributed by atoms with van der Waals surface area (Å²) in [6.45, 7) is 1.40. The van der Waals surface area contributed by atoms with Gasteiger partial charge in [0.15, 0.2) is 0 Å². The van der Waals surface area contributed by atoms with Crippen LogP contribution >= 0.6 is 0 Å². The largest absolute Gasteiger partial charge is 0.390 e. The van der Waals surface area contributed by atoms with Gasteiger partial charge in [-0.25, -0.2) is 4.68 Å². The Morgan fingerprint density at radius 2 is 1.83 bits per heavy atom. The Labute approximate surface area is 140 Å². The number of hydrogen-bond donors (Lipinski definition) is 1. The van der Waals surface area contributed by atoms with Crippen molar-refractivity contribution in [3.63, 3.8) is 0 Å². The molecule has 2 aromatic carbocycles. The van der Waals surface area contributed by atoms with E-state index in [1.54, 1.807) is 12.3 Å². The molecular formula is C19H21N3O2. The number of aliphatic hydroxyl groups excluding tert-OH is 1. The summed E-state index contributed by atoms with van der Waals surface area (Å²) in [5.41, 5.74) is 1.02. The maximum atomic E-state index is 12.4. The molecule has 3 aromatic rings. The zero-order valence-electron chi connectivity index (χ0n) is 13.7. The number of nitrogens with zero attached hydrogens (tertiary/aromatic N) is 3. The van der Waals surface area contributed by atoms with Crippen molar-refractivity contribution in [3.05, 3.63) is 76.7 Å². The van der Waals surface area contributed by atoms with Crippen LogP contribution in [0.25, 0.3) is 10.8 Å². The summed E-state index contributed by atoms with van der Waals surface area (Å²) in [5.74, 6) is 0.